The Balaban J connectivity index is 1.45. The van der Waals surface area contributed by atoms with Crippen LogP contribution in [0, 0.1) is 23.7 Å². The Hall–Kier alpha value is -4.08. The Morgan fingerprint density at radius 3 is 2.22 bits per heavy atom. The van der Waals surface area contributed by atoms with Crippen LogP contribution >= 0.6 is 0 Å². The van der Waals surface area contributed by atoms with Crippen molar-refractivity contribution in [1.82, 2.24) is 25.3 Å². The van der Waals surface area contributed by atoms with Gasteiger partial charge in [0.25, 0.3) is 0 Å². The number of carboxylic acids is 1. The summed E-state index contributed by atoms with van der Waals surface area (Å²) in [5, 5.41) is 15.7. The van der Waals surface area contributed by atoms with Gasteiger partial charge in [0.2, 0.25) is 29.5 Å². The monoisotopic (exact) mass is 841 g/mol. The molecule has 3 aliphatic heterocycles. The number of aliphatic carboxylic acids is 1. The fourth-order valence-corrected chi connectivity index (χ4v) is 9.63. The van der Waals surface area contributed by atoms with Gasteiger partial charge in [-0.15, -0.1) is 0 Å². The van der Waals surface area contributed by atoms with Gasteiger partial charge in [0, 0.05) is 46.7 Å². The number of nitrogens with two attached hydrogens (primary N) is 1. The summed E-state index contributed by atoms with van der Waals surface area (Å²) in [5.74, 6) is -3.51. The van der Waals surface area contributed by atoms with Gasteiger partial charge in [-0.25, -0.2) is 4.79 Å². The first kappa shape index (κ1) is 48.6. The Bertz CT molecular complexity index is 1610. The highest BCUT2D eigenvalue weighted by Crippen LogP contribution is 2.46. The summed E-state index contributed by atoms with van der Waals surface area (Å²) in [6.07, 6.45) is 5.04. The molecule has 0 aromatic heterocycles. The Morgan fingerprint density at radius 1 is 0.950 bits per heavy atom. The number of amides is 5. The van der Waals surface area contributed by atoms with Crippen LogP contribution in [-0.2, 0) is 44.7 Å². The molecule has 0 spiro atoms. The molecule has 60 heavy (non-hydrogen) atoms. The number of unbranched alkanes of at least 4 members (excludes halogenated alkanes) is 2. The quantitative estimate of drug-likeness (QED) is 0.112. The van der Waals surface area contributed by atoms with Gasteiger partial charge in [0.1, 0.15) is 18.1 Å². The first-order chi connectivity index (χ1) is 28.6. The van der Waals surface area contributed by atoms with E-state index in [-0.39, 0.29) is 60.3 Å². The molecule has 9 atom stereocenters. The standard InChI is InChI=1S/C45H72N6O9/c1-9-28(4)39(49(6)44(56)38(27(2)3)48-43(55)40-31-24-32(25-31)51(40)36(52)20-14-11-15-21-46)35(59-7)26-37(53)50-22-16-19-34(50)41(60-8)29(5)42(54)47-33(45(57)58)23-30-17-12-10-13-18-30/h10,12-13,17-18,27-29,31-35,38-41H,9,11,14-16,19-26,46H2,1-8H3,(H,47,54)(H,48,55)(H,57,58)/t28-,29+,31?,32?,33-,34-,35+,38-,39-,40-,41+/m0/s1. The van der Waals surface area contributed by atoms with Crippen LogP contribution in [0.4, 0.5) is 0 Å². The summed E-state index contributed by atoms with van der Waals surface area (Å²) in [7, 11) is 4.72. The van der Waals surface area contributed by atoms with Crippen LogP contribution in [0.25, 0.3) is 0 Å². The third-order valence-corrected chi connectivity index (χ3v) is 13.3. The van der Waals surface area contributed by atoms with Crippen molar-refractivity contribution in [1.29, 1.82) is 0 Å². The molecule has 1 aromatic rings. The third kappa shape index (κ3) is 11.6. The second kappa shape index (κ2) is 22.7. The van der Waals surface area contributed by atoms with Crippen LogP contribution in [0.2, 0.25) is 0 Å². The number of methoxy groups -OCH3 is 2. The van der Waals surface area contributed by atoms with E-state index >= 15 is 0 Å². The number of hydrogen-bond acceptors (Lipinski definition) is 9. The first-order valence-corrected chi connectivity index (χ1v) is 22.1. The van der Waals surface area contributed by atoms with Gasteiger partial charge in [-0.05, 0) is 68.4 Å². The van der Waals surface area contributed by atoms with E-state index < -0.39 is 60.2 Å². The molecule has 4 fully saturated rings. The van der Waals surface area contributed by atoms with E-state index in [1.54, 1.807) is 28.7 Å². The van der Waals surface area contributed by atoms with Gasteiger partial charge in [0.05, 0.1) is 36.6 Å². The predicted octanol–water partition coefficient (Wildman–Crippen LogP) is 3.37. The highest BCUT2D eigenvalue weighted by molar-refractivity contribution is 5.93. The summed E-state index contributed by atoms with van der Waals surface area (Å²) < 4.78 is 11.9. The summed E-state index contributed by atoms with van der Waals surface area (Å²) >= 11 is 0. The maximum Gasteiger partial charge on any atom is 0.326 e. The van der Waals surface area contributed by atoms with Crippen LogP contribution in [-0.4, -0.2) is 138 Å². The lowest BCUT2D eigenvalue weighted by molar-refractivity contribution is -0.148. The van der Waals surface area contributed by atoms with Crippen LogP contribution in [0.15, 0.2) is 30.3 Å². The van der Waals surface area contributed by atoms with Crippen molar-refractivity contribution in [3.8, 4) is 0 Å². The van der Waals surface area contributed by atoms with E-state index in [2.05, 4.69) is 10.6 Å². The van der Waals surface area contributed by atoms with Crippen molar-refractivity contribution in [2.45, 2.75) is 154 Å². The molecular weight excluding hydrogens is 769 g/mol. The van der Waals surface area contributed by atoms with E-state index in [0.717, 1.165) is 37.7 Å². The summed E-state index contributed by atoms with van der Waals surface area (Å²) in [6, 6.07) is 5.56. The zero-order valence-electron chi connectivity index (χ0n) is 37.1. The minimum atomic E-state index is -1.15. The number of hydrogen-bond donors (Lipinski definition) is 4. The second-order valence-electron chi connectivity index (χ2n) is 17.6. The number of nitrogens with one attached hydrogen (secondary N) is 2. The van der Waals surface area contributed by atoms with Crippen LogP contribution in [0.5, 0.6) is 0 Å². The number of likely N-dealkylation sites (tertiary alicyclic amines) is 1. The van der Waals surface area contributed by atoms with Crippen LogP contribution in [0.3, 0.4) is 0 Å². The van der Waals surface area contributed by atoms with Crippen LogP contribution < -0.4 is 16.4 Å². The summed E-state index contributed by atoms with van der Waals surface area (Å²) in [5.41, 5.74) is 6.40. The number of ether oxygens (including phenoxy) is 2. The number of nitrogens with zero attached hydrogens (tertiary/aromatic N) is 3. The molecule has 5 amide bonds. The topological polar surface area (TPSA) is 201 Å². The average Bonchev–Trinajstić information content (AvgIpc) is 3.95. The summed E-state index contributed by atoms with van der Waals surface area (Å²) in [6.45, 7) is 10.5. The van der Waals surface area contributed by atoms with E-state index in [9.17, 15) is 33.9 Å². The minimum Gasteiger partial charge on any atom is -0.480 e. The summed E-state index contributed by atoms with van der Waals surface area (Å²) in [4.78, 5) is 86.9. The fourth-order valence-electron chi connectivity index (χ4n) is 9.63. The molecule has 3 heterocycles. The number of carbonyl (C=O) groups is 6. The first-order valence-electron chi connectivity index (χ1n) is 22.1. The Labute approximate surface area is 356 Å². The molecule has 15 nitrogen and oxygen atoms in total. The lowest BCUT2D eigenvalue weighted by Crippen LogP contribution is -2.59. The maximum absolute atomic E-state index is 14.5. The van der Waals surface area contributed by atoms with Gasteiger partial charge in [-0.2, -0.15) is 0 Å². The van der Waals surface area contributed by atoms with Gasteiger partial charge >= 0.3 is 5.97 Å². The molecule has 0 radical (unpaired) electrons. The Morgan fingerprint density at radius 2 is 1.63 bits per heavy atom. The van der Waals surface area contributed by atoms with Crippen molar-refractivity contribution in [3.63, 3.8) is 0 Å². The van der Waals surface area contributed by atoms with E-state index in [4.69, 9.17) is 15.2 Å². The van der Waals surface area contributed by atoms with Crippen molar-refractivity contribution >= 4 is 35.5 Å². The Kier molecular flexibility index (Phi) is 18.4. The fraction of sp³-hybridized carbons (Fsp3) is 0.733. The lowest BCUT2D eigenvalue weighted by Gasteiger charge is -2.41. The molecule has 5 rings (SSSR count). The van der Waals surface area contributed by atoms with Gasteiger partial charge in [-0.1, -0.05) is 77.8 Å². The van der Waals surface area contributed by atoms with Crippen molar-refractivity contribution in [3.05, 3.63) is 35.9 Å². The van der Waals surface area contributed by atoms with E-state index in [0.29, 0.717) is 38.8 Å². The molecule has 2 bridgehead atoms. The highest BCUT2D eigenvalue weighted by Gasteiger charge is 2.56. The van der Waals surface area contributed by atoms with Crippen LogP contribution in [0.1, 0.15) is 104 Å². The molecule has 5 N–H and O–H groups in total. The number of benzene rings is 1. The molecule has 336 valence electrons. The number of carbonyl (C=O) groups excluding carboxylic acids is 5. The van der Waals surface area contributed by atoms with Crippen molar-refractivity contribution in [2.75, 3.05) is 34.4 Å². The number of fused-ring (bicyclic) bond motifs is 1. The second-order valence-corrected chi connectivity index (χ2v) is 17.6. The predicted molar refractivity (Wildman–Crippen MR) is 227 cm³/mol. The smallest absolute Gasteiger partial charge is 0.326 e. The molecule has 0 unspecified atom stereocenters. The number of rotatable bonds is 24. The zero-order valence-corrected chi connectivity index (χ0v) is 37.1. The molecule has 1 aromatic carbocycles. The molecule has 4 aliphatic rings. The molecule has 1 aliphatic carbocycles. The normalized spacial score (nSPS) is 23.2. The number of likely N-dealkylation sites (N-methyl/N-ethyl adjacent to an activating group) is 1. The molecule has 15 heteroatoms. The highest BCUT2D eigenvalue weighted by atomic mass is 16.5. The largest absolute Gasteiger partial charge is 0.480 e. The maximum atomic E-state index is 14.5. The zero-order chi connectivity index (χ0) is 44.3. The van der Waals surface area contributed by atoms with E-state index in [1.165, 1.54) is 14.2 Å². The molecule has 1 saturated carbocycles. The number of carboxylic acid groups (broad SMARTS) is 1. The minimum absolute atomic E-state index is 0.0217. The van der Waals surface area contributed by atoms with Gasteiger partial charge in [0.15, 0.2) is 0 Å². The lowest BCUT2D eigenvalue weighted by atomic mass is 9.82. The van der Waals surface area contributed by atoms with Crippen molar-refractivity contribution < 1.29 is 43.3 Å². The SMILES string of the molecule is CC[C@H](C)[C@@H]([C@@H](CC(=O)N1CCC[C@H]1[C@H](OC)[C@@H](C)C(=O)N[C@@H](Cc1ccccc1)C(=O)O)OC)N(C)C(=O)[C@@H](NC(=O)[C@@H]1C2CC(C2)N1C(=O)CCCCCN)C(C)C. The van der Waals surface area contributed by atoms with E-state index in [1.807, 2.05) is 58.0 Å². The van der Waals surface area contributed by atoms with Crippen molar-refractivity contribution in [2.24, 2.45) is 29.4 Å². The molecule has 3 saturated heterocycles. The third-order valence-electron chi connectivity index (χ3n) is 13.3. The van der Waals surface area contributed by atoms with Gasteiger partial charge in [-0.3, -0.25) is 24.0 Å². The molecular formula is C45H72N6O9. The average molecular weight is 841 g/mol. The van der Waals surface area contributed by atoms with Gasteiger partial charge < -0.3 is 45.6 Å².